The second-order valence-corrected chi connectivity index (χ2v) is 7.83. The number of carbonyl (C=O) groups is 2. The Labute approximate surface area is 176 Å². The molecule has 0 amide bonds. The van der Waals surface area contributed by atoms with Gasteiger partial charge in [0.1, 0.15) is 13.2 Å². The lowest BCUT2D eigenvalue weighted by Crippen LogP contribution is -2.33. The first-order valence-corrected chi connectivity index (χ1v) is 10.3. The Morgan fingerprint density at radius 2 is 1.50 bits per heavy atom. The first kappa shape index (κ1) is 22.6. The molecule has 9 heteroatoms. The third-order valence-electron chi connectivity index (χ3n) is 4.15. The summed E-state index contributed by atoms with van der Waals surface area (Å²) in [4.78, 5) is 26.5. The van der Waals surface area contributed by atoms with Gasteiger partial charge in [-0.1, -0.05) is 0 Å². The summed E-state index contributed by atoms with van der Waals surface area (Å²) in [7, 11) is 3.07. The number of halogens is 1. The summed E-state index contributed by atoms with van der Waals surface area (Å²) in [6.07, 6.45) is 0. The van der Waals surface area contributed by atoms with Gasteiger partial charge in [-0.05, 0) is 41.2 Å². The van der Waals surface area contributed by atoms with E-state index in [2.05, 4.69) is 21.2 Å². The average molecular weight is 474 g/mol. The van der Waals surface area contributed by atoms with E-state index in [9.17, 15) is 9.59 Å². The molecule has 1 aromatic rings. The fraction of sp³-hybridized carbons (Fsp3) is 0.474. The van der Waals surface area contributed by atoms with Crippen molar-refractivity contribution in [3.8, 4) is 0 Å². The van der Waals surface area contributed by atoms with E-state index in [0.717, 1.165) is 9.35 Å². The van der Waals surface area contributed by atoms with Crippen molar-refractivity contribution >= 4 is 39.2 Å². The Bertz CT molecular complexity index is 741. The molecule has 1 aliphatic heterocycles. The largest absolute Gasteiger partial charge is 0.460 e. The van der Waals surface area contributed by atoms with Gasteiger partial charge in [0.25, 0.3) is 0 Å². The molecular formula is C19H24BrNO6S. The quantitative estimate of drug-likeness (QED) is 0.435. The molecule has 0 radical (unpaired) electrons. The van der Waals surface area contributed by atoms with Crippen LogP contribution in [0.25, 0.3) is 0 Å². The molecule has 0 spiro atoms. The van der Waals surface area contributed by atoms with Crippen LogP contribution in [0.15, 0.2) is 38.5 Å². The molecule has 1 N–H and O–H groups in total. The number of methoxy groups -OCH3 is 2. The minimum absolute atomic E-state index is 0.126. The minimum atomic E-state index is -0.597. The van der Waals surface area contributed by atoms with Crippen LogP contribution >= 0.6 is 27.3 Å². The Hall–Kier alpha value is -1.68. The Morgan fingerprint density at radius 3 is 1.89 bits per heavy atom. The lowest BCUT2D eigenvalue weighted by molar-refractivity contribution is -0.141. The smallest absolute Gasteiger partial charge is 0.336 e. The number of nitrogens with one attached hydrogen (secondary N) is 1. The molecule has 2 heterocycles. The van der Waals surface area contributed by atoms with E-state index in [1.165, 1.54) is 25.6 Å². The molecule has 0 unspecified atom stereocenters. The standard InChI is InChI=1S/C19H24BrNO6S/c1-11-14(18(22)26-8-6-24-3)16(17-13(20)5-10-28-17)15(12(2)21-11)19(23)27-9-7-25-4/h5,10,16,21H,6-9H2,1-4H3. The van der Waals surface area contributed by atoms with E-state index >= 15 is 0 Å². The molecule has 0 aromatic carbocycles. The number of hydrogen-bond acceptors (Lipinski definition) is 8. The maximum atomic E-state index is 12.9. The highest BCUT2D eigenvalue weighted by Gasteiger charge is 2.39. The normalized spacial score (nSPS) is 14.9. The number of thiophene rings is 1. The second kappa shape index (κ2) is 10.8. The summed E-state index contributed by atoms with van der Waals surface area (Å²) in [5.41, 5.74) is 2.03. The van der Waals surface area contributed by atoms with Gasteiger partial charge in [-0.25, -0.2) is 9.59 Å². The molecule has 0 fully saturated rings. The fourth-order valence-electron chi connectivity index (χ4n) is 2.90. The Kier molecular flexibility index (Phi) is 8.68. The number of hydrogen-bond donors (Lipinski definition) is 1. The van der Waals surface area contributed by atoms with Crippen molar-refractivity contribution in [2.45, 2.75) is 19.8 Å². The molecule has 0 atom stereocenters. The number of allylic oxidation sites excluding steroid dienone is 2. The molecule has 1 aromatic heterocycles. The van der Waals surface area contributed by atoms with Gasteiger partial charge in [0.05, 0.1) is 30.3 Å². The van der Waals surface area contributed by atoms with Gasteiger partial charge >= 0.3 is 11.9 Å². The number of esters is 2. The van der Waals surface area contributed by atoms with Gasteiger partial charge in [0.15, 0.2) is 0 Å². The van der Waals surface area contributed by atoms with Gasteiger partial charge < -0.3 is 24.3 Å². The van der Waals surface area contributed by atoms with Gasteiger partial charge in [-0.2, -0.15) is 0 Å². The van der Waals surface area contributed by atoms with Crippen LogP contribution in [0.5, 0.6) is 0 Å². The maximum Gasteiger partial charge on any atom is 0.336 e. The highest BCUT2D eigenvalue weighted by atomic mass is 79.9. The molecule has 2 rings (SSSR count). The van der Waals surface area contributed by atoms with E-state index in [0.29, 0.717) is 35.8 Å². The van der Waals surface area contributed by atoms with Crippen LogP contribution in [-0.4, -0.2) is 52.6 Å². The first-order chi connectivity index (χ1) is 13.4. The SMILES string of the molecule is COCCOC(=O)C1=C(C)NC(C)=C(C(=O)OCCOC)C1c1sccc1Br. The van der Waals surface area contributed by atoms with Crippen molar-refractivity contribution in [3.05, 3.63) is 43.3 Å². The topological polar surface area (TPSA) is 83.1 Å². The molecule has 0 bridgehead atoms. The van der Waals surface area contributed by atoms with Crippen molar-refractivity contribution in [3.63, 3.8) is 0 Å². The van der Waals surface area contributed by atoms with Crippen molar-refractivity contribution in [1.82, 2.24) is 5.32 Å². The van der Waals surface area contributed by atoms with Crippen LogP contribution in [0.3, 0.4) is 0 Å². The zero-order valence-corrected chi connectivity index (χ0v) is 18.7. The maximum absolute atomic E-state index is 12.9. The molecular weight excluding hydrogens is 450 g/mol. The van der Waals surface area contributed by atoms with Crippen LogP contribution < -0.4 is 5.32 Å². The zero-order valence-electron chi connectivity index (χ0n) is 16.3. The highest BCUT2D eigenvalue weighted by molar-refractivity contribution is 9.10. The molecule has 1 aliphatic rings. The first-order valence-electron chi connectivity index (χ1n) is 8.65. The lowest BCUT2D eigenvalue weighted by atomic mass is 9.84. The minimum Gasteiger partial charge on any atom is -0.460 e. The summed E-state index contributed by atoms with van der Waals surface area (Å²) in [6, 6.07) is 1.88. The monoisotopic (exact) mass is 473 g/mol. The predicted octanol–water partition coefficient (Wildman–Crippen LogP) is 3.12. The summed E-state index contributed by atoms with van der Waals surface area (Å²) in [5.74, 6) is -1.59. The van der Waals surface area contributed by atoms with Gasteiger partial charge in [0.2, 0.25) is 0 Å². The van der Waals surface area contributed by atoms with Crippen LogP contribution in [0, 0.1) is 0 Å². The van der Waals surface area contributed by atoms with Gasteiger partial charge in [-0.3, -0.25) is 0 Å². The van der Waals surface area contributed by atoms with Crippen molar-refractivity contribution in [1.29, 1.82) is 0 Å². The van der Waals surface area contributed by atoms with Gasteiger partial charge in [-0.15, -0.1) is 11.3 Å². The summed E-state index contributed by atoms with van der Waals surface area (Å²) in [5, 5.41) is 5.01. The molecule has 0 saturated carbocycles. The average Bonchev–Trinajstić information content (AvgIpc) is 3.06. The van der Waals surface area contributed by atoms with Crippen LogP contribution in [0.2, 0.25) is 0 Å². The highest BCUT2D eigenvalue weighted by Crippen LogP contribution is 2.44. The Morgan fingerprint density at radius 1 is 1.00 bits per heavy atom. The van der Waals surface area contributed by atoms with Crippen molar-refractivity contribution in [2.24, 2.45) is 0 Å². The van der Waals surface area contributed by atoms with Gasteiger partial charge in [0, 0.05) is 35.0 Å². The predicted molar refractivity (Wildman–Crippen MR) is 109 cm³/mol. The van der Waals surface area contributed by atoms with Crippen molar-refractivity contribution < 1.29 is 28.5 Å². The second-order valence-electron chi connectivity index (χ2n) is 6.03. The summed E-state index contributed by atoms with van der Waals surface area (Å²) >= 11 is 4.97. The fourth-order valence-corrected chi connectivity index (χ4v) is 4.62. The molecule has 154 valence electrons. The van der Waals surface area contributed by atoms with Crippen molar-refractivity contribution in [2.75, 3.05) is 40.6 Å². The zero-order chi connectivity index (χ0) is 20.7. The van der Waals surface area contributed by atoms with E-state index in [1.54, 1.807) is 13.8 Å². The summed E-state index contributed by atoms with van der Waals surface area (Å²) in [6.45, 7) is 4.41. The van der Waals surface area contributed by atoms with Crippen LogP contribution in [0.1, 0.15) is 24.6 Å². The van der Waals surface area contributed by atoms with E-state index in [4.69, 9.17) is 18.9 Å². The molecule has 28 heavy (non-hydrogen) atoms. The van der Waals surface area contributed by atoms with Crippen LogP contribution in [-0.2, 0) is 28.5 Å². The van der Waals surface area contributed by atoms with E-state index in [1.807, 2.05) is 11.4 Å². The summed E-state index contributed by atoms with van der Waals surface area (Å²) < 4.78 is 21.4. The molecule has 0 saturated heterocycles. The molecule has 7 nitrogen and oxygen atoms in total. The Balaban J connectivity index is 2.43. The number of dihydropyridines is 1. The van der Waals surface area contributed by atoms with E-state index in [-0.39, 0.29) is 13.2 Å². The number of ether oxygens (including phenoxy) is 4. The molecule has 0 aliphatic carbocycles. The third kappa shape index (κ3) is 5.22. The van der Waals surface area contributed by atoms with E-state index < -0.39 is 17.9 Å². The number of carbonyl (C=O) groups excluding carboxylic acids is 2. The third-order valence-corrected chi connectivity index (χ3v) is 6.08. The number of rotatable bonds is 9. The lowest BCUT2D eigenvalue weighted by Gasteiger charge is -2.30. The van der Waals surface area contributed by atoms with Crippen LogP contribution in [0.4, 0.5) is 0 Å².